The van der Waals surface area contributed by atoms with Gasteiger partial charge in [-0.2, -0.15) is 0 Å². The second-order valence-corrected chi connectivity index (χ2v) is 7.13. The van der Waals surface area contributed by atoms with Crippen molar-refractivity contribution in [1.82, 2.24) is 14.7 Å². The predicted molar refractivity (Wildman–Crippen MR) is 68.0 cm³/mol. The third-order valence-corrected chi connectivity index (χ3v) is 5.61. The number of hydrogen-bond acceptors (Lipinski definition) is 4. The minimum atomic E-state index is -3.14. The van der Waals surface area contributed by atoms with Crippen LogP contribution in [0.2, 0.25) is 0 Å². The lowest BCUT2D eigenvalue weighted by molar-refractivity contribution is 0.134. The van der Waals surface area contributed by atoms with Crippen LogP contribution < -0.4 is 4.83 Å². The van der Waals surface area contributed by atoms with Gasteiger partial charge in [0.05, 0.1) is 5.25 Å². The Morgan fingerprint density at radius 2 is 1.59 bits per heavy atom. The maximum atomic E-state index is 12.2. The summed E-state index contributed by atoms with van der Waals surface area (Å²) in [7, 11) is -1.08. The number of hydrazine groups is 1. The van der Waals surface area contributed by atoms with Crippen molar-refractivity contribution in [3.8, 4) is 0 Å². The highest BCUT2D eigenvalue weighted by molar-refractivity contribution is 7.90. The molecule has 1 heterocycles. The fourth-order valence-electron chi connectivity index (χ4n) is 2.53. The maximum absolute atomic E-state index is 12.2. The summed E-state index contributed by atoms with van der Waals surface area (Å²) < 4.78 is 24.3. The standard InChI is InChI=1S/C11H23N3O2S/c1-13-7-9-14(10-8-13)12-17(15,16)11-5-3-2-4-6-11/h11-12H,2-10H2,1H3. The van der Waals surface area contributed by atoms with Gasteiger partial charge in [0.15, 0.2) is 0 Å². The summed E-state index contributed by atoms with van der Waals surface area (Å²) in [6.07, 6.45) is 4.93. The summed E-state index contributed by atoms with van der Waals surface area (Å²) in [5.74, 6) is 0. The monoisotopic (exact) mass is 261 g/mol. The van der Waals surface area contributed by atoms with E-state index in [2.05, 4.69) is 16.8 Å². The average molecular weight is 261 g/mol. The molecule has 2 aliphatic rings. The summed E-state index contributed by atoms with van der Waals surface area (Å²) in [5.41, 5.74) is 0. The van der Waals surface area contributed by atoms with Crippen molar-refractivity contribution in [2.75, 3.05) is 33.2 Å². The largest absolute Gasteiger partial charge is 0.304 e. The smallest absolute Gasteiger partial charge is 0.227 e. The zero-order valence-corrected chi connectivity index (χ0v) is 11.4. The van der Waals surface area contributed by atoms with Gasteiger partial charge in [-0.1, -0.05) is 19.3 Å². The molecule has 0 radical (unpaired) electrons. The van der Waals surface area contributed by atoms with Gasteiger partial charge in [-0.05, 0) is 19.9 Å². The molecule has 0 unspecified atom stereocenters. The van der Waals surface area contributed by atoms with Crippen molar-refractivity contribution in [2.24, 2.45) is 0 Å². The number of nitrogens with zero attached hydrogens (tertiary/aromatic N) is 2. The molecule has 1 saturated heterocycles. The maximum Gasteiger partial charge on any atom is 0.227 e. The fraction of sp³-hybridized carbons (Fsp3) is 1.00. The van der Waals surface area contributed by atoms with E-state index < -0.39 is 10.0 Å². The van der Waals surface area contributed by atoms with E-state index in [1.807, 2.05) is 5.01 Å². The van der Waals surface area contributed by atoms with Gasteiger partial charge in [0.1, 0.15) is 0 Å². The van der Waals surface area contributed by atoms with E-state index in [4.69, 9.17) is 0 Å². The summed E-state index contributed by atoms with van der Waals surface area (Å²) in [6.45, 7) is 3.41. The first-order chi connectivity index (χ1) is 8.08. The van der Waals surface area contributed by atoms with Crippen LogP contribution in [0.3, 0.4) is 0 Å². The van der Waals surface area contributed by atoms with Crippen LogP contribution in [0.15, 0.2) is 0 Å². The third-order valence-electron chi connectivity index (χ3n) is 3.75. The Bertz CT molecular complexity index is 331. The first-order valence-corrected chi connectivity index (χ1v) is 8.07. The van der Waals surface area contributed by atoms with Gasteiger partial charge >= 0.3 is 0 Å². The van der Waals surface area contributed by atoms with Gasteiger partial charge in [0, 0.05) is 26.2 Å². The van der Waals surface area contributed by atoms with E-state index in [1.54, 1.807) is 0 Å². The molecule has 6 heteroatoms. The lowest BCUT2D eigenvalue weighted by atomic mass is 10.0. The highest BCUT2D eigenvalue weighted by Gasteiger charge is 2.29. The SMILES string of the molecule is CN1CCN(NS(=O)(=O)C2CCCCC2)CC1. The Morgan fingerprint density at radius 3 is 2.18 bits per heavy atom. The number of hydrogen-bond donors (Lipinski definition) is 1. The topological polar surface area (TPSA) is 52.6 Å². The molecule has 0 aromatic rings. The normalized spacial score (nSPS) is 26.2. The van der Waals surface area contributed by atoms with Crippen molar-refractivity contribution in [3.63, 3.8) is 0 Å². The molecule has 0 atom stereocenters. The molecule has 0 bridgehead atoms. The van der Waals surface area contributed by atoms with Crippen LogP contribution in [0.4, 0.5) is 0 Å². The molecular formula is C11H23N3O2S. The second kappa shape index (κ2) is 5.65. The van der Waals surface area contributed by atoms with Gasteiger partial charge in [0.2, 0.25) is 10.0 Å². The van der Waals surface area contributed by atoms with Crippen LogP contribution in [-0.2, 0) is 10.0 Å². The summed E-state index contributed by atoms with van der Waals surface area (Å²) >= 11 is 0. The summed E-state index contributed by atoms with van der Waals surface area (Å²) in [4.78, 5) is 4.98. The molecule has 1 saturated carbocycles. The summed E-state index contributed by atoms with van der Waals surface area (Å²) in [5, 5.41) is 1.68. The molecule has 100 valence electrons. The van der Waals surface area contributed by atoms with Crippen LogP contribution in [0, 0.1) is 0 Å². The molecule has 5 nitrogen and oxygen atoms in total. The number of piperazine rings is 1. The molecular weight excluding hydrogens is 238 g/mol. The lowest BCUT2D eigenvalue weighted by Crippen LogP contribution is -2.54. The number of sulfonamides is 1. The molecule has 2 rings (SSSR count). The van der Waals surface area contributed by atoms with E-state index in [0.717, 1.165) is 51.9 Å². The van der Waals surface area contributed by atoms with Crippen LogP contribution in [0.25, 0.3) is 0 Å². The fourth-order valence-corrected chi connectivity index (χ4v) is 4.17. The van der Waals surface area contributed by atoms with Crippen molar-refractivity contribution in [2.45, 2.75) is 37.4 Å². The van der Waals surface area contributed by atoms with E-state index in [-0.39, 0.29) is 5.25 Å². The van der Waals surface area contributed by atoms with Gasteiger partial charge in [-0.3, -0.25) is 0 Å². The highest BCUT2D eigenvalue weighted by atomic mass is 32.2. The molecule has 17 heavy (non-hydrogen) atoms. The number of nitrogens with one attached hydrogen (secondary N) is 1. The van der Waals surface area contributed by atoms with Crippen molar-refractivity contribution >= 4 is 10.0 Å². The molecule has 0 aromatic heterocycles. The molecule has 2 fully saturated rings. The second-order valence-electron chi connectivity index (χ2n) is 5.19. The molecule has 1 aliphatic heterocycles. The lowest BCUT2D eigenvalue weighted by Gasteiger charge is -2.33. The van der Waals surface area contributed by atoms with E-state index in [1.165, 1.54) is 6.42 Å². The van der Waals surface area contributed by atoms with Crippen molar-refractivity contribution < 1.29 is 8.42 Å². The first-order valence-electron chi connectivity index (χ1n) is 6.53. The third kappa shape index (κ3) is 3.64. The van der Waals surface area contributed by atoms with Gasteiger partial charge in [-0.25, -0.2) is 13.4 Å². The number of rotatable bonds is 3. The molecule has 0 spiro atoms. The molecule has 0 amide bonds. The zero-order chi connectivity index (χ0) is 12.3. The van der Waals surface area contributed by atoms with Crippen LogP contribution in [0.5, 0.6) is 0 Å². The minimum absolute atomic E-state index is 0.170. The van der Waals surface area contributed by atoms with Crippen LogP contribution in [0.1, 0.15) is 32.1 Å². The Kier molecular flexibility index (Phi) is 4.41. The Balaban J connectivity index is 1.88. The first kappa shape index (κ1) is 13.3. The number of likely N-dealkylation sites (N-methyl/N-ethyl adjacent to an activating group) is 1. The van der Waals surface area contributed by atoms with Gasteiger partial charge < -0.3 is 4.90 Å². The quantitative estimate of drug-likeness (QED) is 0.799. The van der Waals surface area contributed by atoms with E-state index in [9.17, 15) is 8.42 Å². The Hall–Kier alpha value is -0.170. The van der Waals surface area contributed by atoms with Crippen LogP contribution >= 0.6 is 0 Å². The highest BCUT2D eigenvalue weighted by Crippen LogP contribution is 2.23. The summed E-state index contributed by atoms with van der Waals surface area (Å²) in [6, 6.07) is 0. The molecule has 1 aliphatic carbocycles. The van der Waals surface area contributed by atoms with Crippen molar-refractivity contribution in [3.05, 3.63) is 0 Å². The van der Waals surface area contributed by atoms with Crippen LogP contribution in [-0.4, -0.2) is 56.8 Å². The van der Waals surface area contributed by atoms with Crippen molar-refractivity contribution in [1.29, 1.82) is 0 Å². The molecule has 1 N–H and O–H groups in total. The van der Waals surface area contributed by atoms with E-state index in [0.29, 0.717) is 0 Å². The van der Waals surface area contributed by atoms with Gasteiger partial charge in [0.25, 0.3) is 0 Å². The Labute approximate surface area is 104 Å². The van der Waals surface area contributed by atoms with E-state index >= 15 is 0 Å². The average Bonchev–Trinajstić information content (AvgIpc) is 2.33. The minimum Gasteiger partial charge on any atom is -0.304 e. The Morgan fingerprint density at radius 1 is 1.00 bits per heavy atom. The molecule has 0 aromatic carbocycles. The zero-order valence-electron chi connectivity index (χ0n) is 10.6. The van der Waals surface area contributed by atoms with Gasteiger partial charge in [-0.15, -0.1) is 4.83 Å². The predicted octanol–water partition coefficient (Wildman–Crippen LogP) is 0.401.